The molecule has 1 radical (unpaired) electrons. The summed E-state index contributed by atoms with van der Waals surface area (Å²) >= 11 is 0. The summed E-state index contributed by atoms with van der Waals surface area (Å²) in [6, 6.07) is 12.4. The molecule has 0 aliphatic heterocycles. The van der Waals surface area contributed by atoms with Crippen molar-refractivity contribution in [1.29, 1.82) is 0 Å². The highest BCUT2D eigenvalue weighted by atomic mass is 32.2. The van der Waals surface area contributed by atoms with Crippen molar-refractivity contribution in [2.45, 2.75) is 11.4 Å². The lowest BCUT2D eigenvalue weighted by Gasteiger charge is -2.30. The van der Waals surface area contributed by atoms with Crippen LogP contribution in [0.5, 0.6) is 0 Å². The van der Waals surface area contributed by atoms with E-state index in [4.69, 9.17) is 9.84 Å². The minimum Gasteiger partial charge on any atom is -0.394 e. The molecule has 6 heteroatoms. The van der Waals surface area contributed by atoms with Crippen LogP contribution in [-0.4, -0.2) is 31.3 Å². The Labute approximate surface area is 123 Å². The Morgan fingerprint density at radius 2 is 1.81 bits per heavy atom. The lowest BCUT2D eigenvalue weighted by atomic mass is 10.0. The largest absolute Gasteiger partial charge is 0.394 e. The van der Waals surface area contributed by atoms with E-state index in [-0.39, 0.29) is 25.2 Å². The molecule has 2 rings (SSSR count). The molecule has 0 aliphatic rings. The van der Waals surface area contributed by atoms with Gasteiger partial charge in [0.1, 0.15) is 0 Å². The molecular formula is C15H17O5S. The van der Waals surface area contributed by atoms with Crippen molar-refractivity contribution in [2.75, 3.05) is 13.2 Å². The second-order valence-electron chi connectivity index (χ2n) is 4.61. The van der Waals surface area contributed by atoms with Crippen LogP contribution < -0.4 is 0 Å². The summed E-state index contributed by atoms with van der Waals surface area (Å²) in [6.45, 7) is 3.01. The molecule has 1 atom stereocenters. The second-order valence-corrected chi connectivity index (χ2v) is 6.22. The van der Waals surface area contributed by atoms with E-state index in [1.54, 1.807) is 18.2 Å². The Balaban J connectivity index is 2.62. The fourth-order valence-corrected chi connectivity index (χ4v) is 3.20. The number of ether oxygens (including phenoxy) is 1. The van der Waals surface area contributed by atoms with Gasteiger partial charge < -0.3 is 9.84 Å². The van der Waals surface area contributed by atoms with E-state index < -0.39 is 15.1 Å². The van der Waals surface area contributed by atoms with Crippen LogP contribution in [0.4, 0.5) is 0 Å². The van der Waals surface area contributed by atoms with Crippen LogP contribution in [-0.2, 0) is 19.8 Å². The zero-order valence-electron chi connectivity index (χ0n) is 11.4. The van der Waals surface area contributed by atoms with Gasteiger partial charge in [0, 0.05) is 5.56 Å². The van der Waals surface area contributed by atoms with Crippen molar-refractivity contribution in [3.8, 4) is 0 Å². The van der Waals surface area contributed by atoms with Crippen molar-refractivity contribution >= 4 is 20.9 Å². The van der Waals surface area contributed by atoms with Gasteiger partial charge in [-0.15, -0.1) is 0 Å². The maximum Gasteiger partial charge on any atom is 0.299 e. The van der Waals surface area contributed by atoms with E-state index in [0.29, 0.717) is 0 Å². The highest BCUT2D eigenvalue weighted by Crippen LogP contribution is 2.36. The van der Waals surface area contributed by atoms with E-state index in [2.05, 4.69) is 6.92 Å². The van der Waals surface area contributed by atoms with E-state index in [1.165, 1.54) is 0 Å². The molecule has 0 spiro atoms. The molecule has 0 aliphatic carbocycles. The molecule has 0 saturated carbocycles. The monoisotopic (exact) mass is 309 g/mol. The standard InChI is InChI=1S/C15H17O5S/c1-2-15(20-10-9-16,21(17,18)19)14-8-7-12-5-3-4-6-13(12)11-14/h3-8,11,16H,1-2,9-10H2,(H,17,18,19). The molecule has 113 valence electrons. The molecule has 1 unspecified atom stereocenters. The molecule has 0 amide bonds. The van der Waals surface area contributed by atoms with Crippen LogP contribution in [0.25, 0.3) is 10.8 Å². The summed E-state index contributed by atoms with van der Waals surface area (Å²) in [5, 5.41) is 10.7. The molecule has 0 heterocycles. The minimum absolute atomic E-state index is 0.218. The van der Waals surface area contributed by atoms with Gasteiger partial charge >= 0.3 is 0 Å². The molecule has 21 heavy (non-hydrogen) atoms. The average molecular weight is 309 g/mol. The first-order valence-corrected chi connectivity index (χ1v) is 7.89. The highest BCUT2D eigenvalue weighted by Gasteiger charge is 2.44. The van der Waals surface area contributed by atoms with Crippen LogP contribution in [0.1, 0.15) is 12.0 Å². The molecule has 2 N–H and O–H groups in total. The Bertz CT molecular complexity index is 726. The van der Waals surface area contributed by atoms with Crippen LogP contribution in [0.15, 0.2) is 42.5 Å². The van der Waals surface area contributed by atoms with Crippen molar-refractivity contribution in [3.63, 3.8) is 0 Å². The second kappa shape index (κ2) is 6.11. The van der Waals surface area contributed by atoms with Gasteiger partial charge in [0.2, 0.25) is 4.93 Å². The summed E-state index contributed by atoms with van der Waals surface area (Å²) in [4.78, 5) is -1.97. The molecule has 2 aromatic rings. The van der Waals surface area contributed by atoms with Gasteiger partial charge in [-0.05, 0) is 30.2 Å². The van der Waals surface area contributed by atoms with Crippen molar-refractivity contribution < 1.29 is 22.8 Å². The van der Waals surface area contributed by atoms with E-state index in [0.717, 1.165) is 10.8 Å². The Hall–Kier alpha value is -1.47. The first-order chi connectivity index (χ1) is 9.94. The zero-order chi connectivity index (χ0) is 15.5. The molecular weight excluding hydrogens is 292 g/mol. The number of hydrogen-bond donors (Lipinski definition) is 2. The first-order valence-electron chi connectivity index (χ1n) is 6.45. The van der Waals surface area contributed by atoms with Gasteiger partial charge in [0.15, 0.2) is 0 Å². The normalized spacial score (nSPS) is 15.0. The maximum absolute atomic E-state index is 11.8. The molecule has 0 fully saturated rings. The van der Waals surface area contributed by atoms with Gasteiger partial charge in [-0.2, -0.15) is 8.42 Å². The average Bonchev–Trinajstić information content (AvgIpc) is 2.47. The van der Waals surface area contributed by atoms with E-state index in [9.17, 15) is 13.0 Å². The topological polar surface area (TPSA) is 83.8 Å². The van der Waals surface area contributed by atoms with Gasteiger partial charge in [0.25, 0.3) is 10.1 Å². The first kappa shape index (κ1) is 15.9. The SMILES string of the molecule is [CH2]CC(OCCO)(c1ccc2ccccc2c1)S(=O)(=O)O. The van der Waals surface area contributed by atoms with Crippen LogP contribution in [0.3, 0.4) is 0 Å². The predicted molar refractivity (Wildman–Crippen MR) is 80.2 cm³/mol. The number of fused-ring (bicyclic) bond motifs is 1. The number of hydrogen-bond acceptors (Lipinski definition) is 4. The van der Waals surface area contributed by atoms with Crippen molar-refractivity contribution in [3.05, 3.63) is 55.0 Å². The molecule has 0 bridgehead atoms. The third-order valence-electron chi connectivity index (χ3n) is 3.36. The predicted octanol–water partition coefficient (Wildman–Crippen LogP) is 2.11. The number of aliphatic hydroxyl groups excluding tert-OH is 1. The maximum atomic E-state index is 11.8. The smallest absolute Gasteiger partial charge is 0.299 e. The quantitative estimate of drug-likeness (QED) is 0.799. The summed E-state index contributed by atoms with van der Waals surface area (Å²) in [6.07, 6.45) is -0.218. The van der Waals surface area contributed by atoms with Gasteiger partial charge in [0.05, 0.1) is 13.2 Å². The van der Waals surface area contributed by atoms with Crippen LogP contribution >= 0.6 is 0 Å². The fraction of sp³-hybridized carbons (Fsp3) is 0.267. The number of benzene rings is 2. The Morgan fingerprint density at radius 1 is 1.14 bits per heavy atom. The lowest BCUT2D eigenvalue weighted by molar-refractivity contribution is -0.00852. The minimum atomic E-state index is -4.57. The molecule has 0 saturated heterocycles. The van der Waals surface area contributed by atoms with Crippen LogP contribution in [0.2, 0.25) is 0 Å². The Morgan fingerprint density at radius 3 is 2.38 bits per heavy atom. The Kier molecular flexibility index (Phi) is 4.63. The highest BCUT2D eigenvalue weighted by molar-refractivity contribution is 7.86. The van der Waals surface area contributed by atoms with Crippen molar-refractivity contribution in [2.24, 2.45) is 0 Å². The van der Waals surface area contributed by atoms with Gasteiger partial charge in [-0.3, -0.25) is 4.55 Å². The van der Waals surface area contributed by atoms with Gasteiger partial charge in [-0.1, -0.05) is 36.4 Å². The summed E-state index contributed by atoms with van der Waals surface area (Å²) in [5.41, 5.74) is 0.284. The summed E-state index contributed by atoms with van der Waals surface area (Å²) in [5.74, 6) is 0. The number of aliphatic hydroxyl groups is 1. The molecule has 2 aromatic carbocycles. The van der Waals surface area contributed by atoms with Crippen LogP contribution in [0, 0.1) is 6.92 Å². The summed E-state index contributed by atoms with van der Waals surface area (Å²) in [7, 11) is -4.57. The molecule has 0 aromatic heterocycles. The third kappa shape index (κ3) is 2.94. The summed E-state index contributed by atoms with van der Waals surface area (Å²) < 4.78 is 38.6. The third-order valence-corrected chi connectivity index (χ3v) is 4.75. The van der Waals surface area contributed by atoms with E-state index >= 15 is 0 Å². The van der Waals surface area contributed by atoms with E-state index in [1.807, 2.05) is 24.3 Å². The zero-order valence-corrected chi connectivity index (χ0v) is 12.2. The number of rotatable bonds is 6. The fourth-order valence-electron chi connectivity index (χ4n) is 2.29. The molecule has 5 nitrogen and oxygen atoms in total. The lowest BCUT2D eigenvalue weighted by Crippen LogP contribution is -2.38. The van der Waals surface area contributed by atoms with Crippen molar-refractivity contribution in [1.82, 2.24) is 0 Å². The van der Waals surface area contributed by atoms with Gasteiger partial charge in [-0.25, -0.2) is 0 Å².